The van der Waals surface area contributed by atoms with Gasteiger partial charge in [-0.25, -0.2) is 4.98 Å². The average molecular weight is 251 g/mol. The molecule has 92 valence electrons. The van der Waals surface area contributed by atoms with E-state index in [0.29, 0.717) is 16.8 Å². The summed E-state index contributed by atoms with van der Waals surface area (Å²) in [5.41, 5.74) is 2.38. The van der Waals surface area contributed by atoms with Crippen LogP contribution in [0.1, 0.15) is 25.1 Å². The lowest BCUT2D eigenvalue weighted by molar-refractivity contribution is 0.408. The largest absolute Gasteiger partial charge is 0.310 e. The van der Waals surface area contributed by atoms with E-state index in [2.05, 4.69) is 16.9 Å². The summed E-state index contributed by atoms with van der Waals surface area (Å²) >= 11 is 1.45. The van der Waals surface area contributed by atoms with E-state index < -0.39 is 0 Å². The molecule has 2 N–H and O–H groups in total. The van der Waals surface area contributed by atoms with E-state index in [0.717, 1.165) is 24.1 Å². The molecule has 1 heterocycles. The molecule has 17 heavy (non-hydrogen) atoms. The van der Waals surface area contributed by atoms with Crippen molar-refractivity contribution in [3.05, 3.63) is 21.6 Å². The molecule has 0 aliphatic heterocycles. The molecule has 2 atom stereocenters. The van der Waals surface area contributed by atoms with Crippen LogP contribution in [0.5, 0.6) is 0 Å². The molecule has 0 bridgehead atoms. The number of rotatable bonds is 2. The maximum absolute atomic E-state index is 11.9. The number of nitrogens with zero attached hydrogens (tertiary/aromatic N) is 1. The van der Waals surface area contributed by atoms with E-state index in [4.69, 9.17) is 5.41 Å². The van der Waals surface area contributed by atoms with Gasteiger partial charge in [-0.1, -0.05) is 18.7 Å². The van der Waals surface area contributed by atoms with Crippen LogP contribution in [-0.4, -0.2) is 21.9 Å². The van der Waals surface area contributed by atoms with E-state index in [1.807, 2.05) is 13.2 Å². The highest BCUT2D eigenvalue weighted by Gasteiger charge is 2.29. The Hall–Kier alpha value is -1.10. The lowest BCUT2D eigenvalue weighted by atomic mass is 9.77. The lowest BCUT2D eigenvalue weighted by Crippen LogP contribution is -2.33. The summed E-state index contributed by atoms with van der Waals surface area (Å²) in [6.45, 7) is 3.95. The first-order chi connectivity index (χ1) is 8.02. The monoisotopic (exact) mass is 251 g/mol. The summed E-state index contributed by atoms with van der Waals surface area (Å²) in [6.07, 6.45) is 3.35. The van der Waals surface area contributed by atoms with Crippen molar-refractivity contribution in [3.63, 3.8) is 0 Å². The standard InChI is InChI=1S/C12H17N3OS/c1-6-4-9-10(5-8(6)7(2)13)14-12(17-3)15-11(9)16/h6,8,13H,4-5H2,1-3H3,(H,14,15,16). The van der Waals surface area contributed by atoms with Gasteiger partial charge in [0.1, 0.15) is 0 Å². The Morgan fingerprint density at radius 2 is 2.24 bits per heavy atom. The molecule has 4 nitrogen and oxygen atoms in total. The molecule has 0 radical (unpaired) electrons. The van der Waals surface area contributed by atoms with Crippen molar-refractivity contribution in [1.82, 2.24) is 9.97 Å². The van der Waals surface area contributed by atoms with Crippen molar-refractivity contribution in [2.45, 2.75) is 31.8 Å². The number of hydrogen-bond donors (Lipinski definition) is 2. The Morgan fingerprint density at radius 1 is 1.53 bits per heavy atom. The maximum atomic E-state index is 11.9. The van der Waals surface area contributed by atoms with Crippen molar-refractivity contribution in [2.24, 2.45) is 11.8 Å². The molecule has 0 aromatic carbocycles. The van der Waals surface area contributed by atoms with Gasteiger partial charge in [0, 0.05) is 17.2 Å². The Balaban J connectivity index is 2.45. The quantitative estimate of drug-likeness (QED) is 0.479. The van der Waals surface area contributed by atoms with Crippen LogP contribution in [0.25, 0.3) is 0 Å². The number of thioether (sulfide) groups is 1. The molecule has 1 aliphatic rings. The summed E-state index contributed by atoms with van der Waals surface area (Å²) in [4.78, 5) is 19.2. The van der Waals surface area contributed by atoms with Gasteiger partial charge >= 0.3 is 0 Å². The van der Waals surface area contributed by atoms with E-state index in [9.17, 15) is 4.79 Å². The molecular formula is C12H17N3OS. The number of hydrogen-bond acceptors (Lipinski definition) is 4. The molecule has 1 aromatic heterocycles. The van der Waals surface area contributed by atoms with Crippen molar-refractivity contribution in [3.8, 4) is 0 Å². The minimum Gasteiger partial charge on any atom is -0.310 e. The van der Waals surface area contributed by atoms with Gasteiger partial charge in [-0.15, -0.1) is 0 Å². The first-order valence-electron chi connectivity index (χ1n) is 5.74. The molecule has 2 rings (SSSR count). The van der Waals surface area contributed by atoms with Crippen LogP contribution in [0.3, 0.4) is 0 Å². The second-order valence-electron chi connectivity index (χ2n) is 4.68. The summed E-state index contributed by atoms with van der Waals surface area (Å²) in [6, 6.07) is 0. The average Bonchev–Trinajstić information content (AvgIpc) is 2.28. The first kappa shape index (κ1) is 12.4. The fourth-order valence-corrected chi connectivity index (χ4v) is 2.85. The Morgan fingerprint density at radius 3 is 2.82 bits per heavy atom. The van der Waals surface area contributed by atoms with Gasteiger partial charge in [0.25, 0.3) is 5.56 Å². The van der Waals surface area contributed by atoms with E-state index in [1.165, 1.54) is 11.8 Å². The predicted molar refractivity (Wildman–Crippen MR) is 70.1 cm³/mol. The van der Waals surface area contributed by atoms with Crippen LogP contribution in [0.15, 0.2) is 9.95 Å². The van der Waals surface area contributed by atoms with Crippen LogP contribution in [0, 0.1) is 17.2 Å². The van der Waals surface area contributed by atoms with Crippen molar-refractivity contribution < 1.29 is 0 Å². The van der Waals surface area contributed by atoms with E-state index >= 15 is 0 Å². The summed E-state index contributed by atoms with van der Waals surface area (Å²) in [7, 11) is 0. The normalized spacial score (nSPS) is 23.2. The fraction of sp³-hybridized carbons (Fsp3) is 0.583. The van der Waals surface area contributed by atoms with Gasteiger partial charge in [-0.3, -0.25) is 4.79 Å². The molecule has 2 unspecified atom stereocenters. The molecule has 0 spiro atoms. The third-order valence-corrected chi connectivity index (χ3v) is 4.04. The first-order valence-corrected chi connectivity index (χ1v) is 6.96. The highest BCUT2D eigenvalue weighted by molar-refractivity contribution is 7.98. The third kappa shape index (κ3) is 2.29. The van der Waals surface area contributed by atoms with Gasteiger partial charge < -0.3 is 10.4 Å². The topological polar surface area (TPSA) is 69.6 Å². The van der Waals surface area contributed by atoms with Crippen molar-refractivity contribution in [2.75, 3.05) is 6.26 Å². The number of fused-ring (bicyclic) bond motifs is 1. The number of aromatic nitrogens is 2. The number of aromatic amines is 1. The van der Waals surface area contributed by atoms with Gasteiger partial charge in [0.15, 0.2) is 5.16 Å². The van der Waals surface area contributed by atoms with Crippen LogP contribution >= 0.6 is 11.8 Å². The number of nitrogens with one attached hydrogen (secondary N) is 2. The smallest absolute Gasteiger partial charge is 0.254 e. The van der Waals surface area contributed by atoms with Crippen LogP contribution < -0.4 is 5.56 Å². The van der Waals surface area contributed by atoms with Crippen LogP contribution in [-0.2, 0) is 12.8 Å². The summed E-state index contributed by atoms with van der Waals surface area (Å²) in [5, 5.41) is 8.46. The highest BCUT2D eigenvalue weighted by atomic mass is 32.2. The minimum absolute atomic E-state index is 0.00714. The zero-order valence-electron chi connectivity index (χ0n) is 10.3. The lowest BCUT2D eigenvalue weighted by Gasteiger charge is -2.29. The van der Waals surface area contributed by atoms with Crippen molar-refractivity contribution in [1.29, 1.82) is 5.41 Å². The Bertz CT molecular complexity index is 509. The highest BCUT2D eigenvalue weighted by Crippen LogP contribution is 2.28. The summed E-state index contributed by atoms with van der Waals surface area (Å²) in [5.74, 6) is 0.578. The minimum atomic E-state index is -0.00714. The molecular weight excluding hydrogens is 234 g/mol. The molecule has 0 amide bonds. The third-order valence-electron chi connectivity index (χ3n) is 3.46. The molecule has 0 fully saturated rings. The van der Waals surface area contributed by atoms with Crippen LogP contribution in [0.4, 0.5) is 0 Å². The number of H-pyrrole nitrogens is 1. The van der Waals surface area contributed by atoms with Gasteiger partial charge in [0.05, 0.1) is 5.69 Å². The van der Waals surface area contributed by atoms with E-state index in [1.54, 1.807) is 0 Å². The Kier molecular flexibility index (Phi) is 3.38. The second kappa shape index (κ2) is 4.64. The Labute approximate surface area is 105 Å². The van der Waals surface area contributed by atoms with Crippen LogP contribution in [0.2, 0.25) is 0 Å². The zero-order valence-corrected chi connectivity index (χ0v) is 11.1. The second-order valence-corrected chi connectivity index (χ2v) is 5.47. The fourth-order valence-electron chi connectivity index (χ4n) is 2.45. The summed E-state index contributed by atoms with van der Waals surface area (Å²) < 4.78 is 0. The molecule has 0 saturated carbocycles. The molecule has 1 aromatic rings. The SMILES string of the molecule is CSc1nc2c(c(=O)[nH]1)CC(C)C(C(C)=N)C2. The molecule has 5 heteroatoms. The maximum Gasteiger partial charge on any atom is 0.254 e. The zero-order chi connectivity index (χ0) is 12.6. The van der Waals surface area contributed by atoms with Gasteiger partial charge in [-0.2, -0.15) is 0 Å². The predicted octanol–water partition coefficient (Wildman–Crippen LogP) is 1.88. The van der Waals surface area contributed by atoms with Crippen molar-refractivity contribution >= 4 is 17.5 Å². The molecule has 0 saturated heterocycles. The van der Waals surface area contributed by atoms with Gasteiger partial charge in [-0.05, 0) is 31.9 Å². The van der Waals surface area contributed by atoms with Gasteiger partial charge in [0.2, 0.25) is 0 Å². The van der Waals surface area contributed by atoms with E-state index in [-0.39, 0.29) is 11.5 Å². The molecule has 1 aliphatic carbocycles.